The SMILES string of the molecule is O=C(Nc1ccc(F)nc1)c1cccc(-c2cccc(Oc3cc(Cl)cc(Cl)c3)n2)c1. The molecule has 0 saturated heterocycles. The highest BCUT2D eigenvalue weighted by Gasteiger charge is 2.10. The Hall–Kier alpha value is -3.48. The first-order chi connectivity index (χ1) is 15.0. The van der Waals surface area contributed by atoms with Crippen molar-refractivity contribution in [1.29, 1.82) is 0 Å². The van der Waals surface area contributed by atoms with Crippen LogP contribution in [0.25, 0.3) is 11.3 Å². The number of ether oxygens (including phenoxy) is 1. The quantitative estimate of drug-likeness (QED) is 0.344. The minimum Gasteiger partial charge on any atom is -0.439 e. The summed E-state index contributed by atoms with van der Waals surface area (Å²) in [5, 5.41) is 3.59. The van der Waals surface area contributed by atoms with Gasteiger partial charge in [0.1, 0.15) is 5.75 Å². The van der Waals surface area contributed by atoms with Crippen LogP contribution >= 0.6 is 23.2 Å². The monoisotopic (exact) mass is 453 g/mol. The highest BCUT2D eigenvalue weighted by atomic mass is 35.5. The number of benzene rings is 2. The number of amides is 1. The van der Waals surface area contributed by atoms with E-state index in [0.717, 1.165) is 5.56 Å². The zero-order valence-corrected chi connectivity index (χ0v) is 17.4. The lowest BCUT2D eigenvalue weighted by atomic mass is 10.1. The van der Waals surface area contributed by atoms with Crippen LogP contribution in [0.1, 0.15) is 10.4 Å². The molecule has 4 aromatic rings. The number of halogens is 3. The molecule has 0 bridgehead atoms. The second-order valence-electron chi connectivity index (χ2n) is 6.47. The summed E-state index contributed by atoms with van der Waals surface area (Å²) in [6.45, 7) is 0. The predicted octanol–water partition coefficient (Wildman–Crippen LogP) is 6.63. The van der Waals surface area contributed by atoms with Crippen molar-refractivity contribution in [3.63, 3.8) is 0 Å². The number of nitrogens with zero attached hydrogens (tertiary/aromatic N) is 2. The third kappa shape index (κ3) is 5.36. The molecule has 0 unspecified atom stereocenters. The first-order valence-corrected chi connectivity index (χ1v) is 9.86. The summed E-state index contributed by atoms with van der Waals surface area (Å²) in [7, 11) is 0. The van der Waals surface area contributed by atoms with Gasteiger partial charge in [0, 0.05) is 27.2 Å². The Labute approximate surface area is 187 Å². The zero-order chi connectivity index (χ0) is 21.8. The van der Waals surface area contributed by atoms with Crippen molar-refractivity contribution in [2.45, 2.75) is 0 Å². The Morgan fingerprint density at radius 3 is 2.45 bits per heavy atom. The van der Waals surface area contributed by atoms with Gasteiger partial charge in [0.25, 0.3) is 5.91 Å². The lowest BCUT2D eigenvalue weighted by molar-refractivity contribution is 0.102. The fraction of sp³-hybridized carbons (Fsp3) is 0. The van der Waals surface area contributed by atoms with E-state index >= 15 is 0 Å². The second-order valence-corrected chi connectivity index (χ2v) is 7.35. The molecule has 0 atom stereocenters. The summed E-state index contributed by atoms with van der Waals surface area (Å²) >= 11 is 12.0. The molecule has 5 nitrogen and oxygen atoms in total. The van der Waals surface area contributed by atoms with Crippen LogP contribution in [0, 0.1) is 5.95 Å². The molecule has 2 aromatic heterocycles. The van der Waals surface area contributed by atoms with E-state index in [9.17, 15) is 9.18 Å². The highest BCUT2D eigenvalue weighted by molar-refractivity contribution is 6.34. The van der Waals surface area contributed by atoms with Crippen molar-refractivity contribution >= 4 is 34.8 Å². The summed E-state index contributed by atoms with van der Waals surface area (Å²) in [4.78, 5) is 20.6. The van der Waals surface area contributed by atoms with E-state index in [2.05, 4.69) is 15.3 Å². The molecule has 0 fully saturated rings. The number of pyridine rings is 2. The lowest BCUT2D eigenvalue weighted by Gasteiger charge is -2.09. The Balaban J connectivity index is 1.55. The van der Waals surface area contributed by atoms with Gasteiger partial charge in [0.2, 0.25) is 11.8 Å². The van der Waals surface area contributed by atoms with Crippen molar-refractivity contribution in [3.8, 4) is 22.9 Å². The molecular formula is C23H14Cl2FN3O2. The van der Waals surface area contributed by atoms with E-state index in [1.807, 2.05) is 6.07 Å². The summed E-state index contributed by atoms with van der Waals surface area (Å²) in [6.07, 6.45) is 1.25. The third-order valence-corrected chi connectivity index (χ3v) is 4.62. The first kappa shape index (κ1) is 20.8. The van der Waals surface area contributed by atoms with E-state index < -0.39 is 5.95 Å². The molecule has 2 aromatic carbocycles. The van der Waals surface area contributed by atoms with Gasteiger partial charge < -0.3 is 10.1 Å². The smallest absolute Gasteiger partial charge is 0.255 e. The van der Waals surface area contributed by atoms with Gasteiger partial charge in [-0.25, -0.2) is 9.97 Å². The van der Waals surface area contributed by atoms with E-state index in [1.54, 1.807) is 54.6 Å². The molecule has 2 heterocycles. The van der Waals surface area contributed by atoms with Crippen LogP contribution in [0.4, 0.5) is 10.1 Å². The molecule has 0 aliphatic rings. The maximum atomic E-state index is 12.9. The average Bonchev–Trinajstić information content (AvgIpc) is 2.75. The number of aromatic nitrogens is 2. The summed E-state index contributed by atoms with van der Waals surface area (Å²) < 4.78 is 18.7. The molecule has 4 rings (SSSR count). The van der Waals surface area contributed by atoms with E-state index in [-0.39, 0.29) is 5.91 Å². The first-order valence-electron chi connectivity index (χ1n) is 9.11. The average molecular weight is 454 g/mol. The van der Waals surface area contributed by atoms with Crippen LogP contribution in [-0.4, -0.2) is 15.9 Å². The van der Waals surface area contributed by atoms with Crippen LogP contribution in [0.15, 0.2) is 79.0 Å². The number of carbonyl (C=O) groups is 1. The van der Waals surface area contributed by atoms with Crippen molar-refractivity contribution in [2.24, 2.45) is 0 Å². The Kier molecular flexibility index (Phi) is 6.11. The molecule has 154 valence electrons. The largest absolute Gasteiger partial charge is 0.439 e. The topological polar surface area (TPSA) is 64.1 Å². The van der Waals surface area contributed by atoms with Gasteiger partial charge in [-0.3, -0.25) is 4.79 Å². The van der Waals surface area contributed by atoms with E-state index in [1.165, 1.54) is 18.3 Å². The molecule has 1 amide bonds. The van der Waals surface area contributed by atoms with Gasteiger partial charge in [0.05, 0.1) is 17.6 Å². The normalized spacial score (nSPS) is 10.5. The van der Waals surface area contributed by atoms with Crippen LogP contribution < -0.4 is 10.1 Å². The molecule has 1 N–H and O–H groups in total. The number of carbonyl (C=O) groups excluding carboxylic acids is 1. The molecule has 0 saturated carbocycles. The van der Waals surface area contributed by atoms with Crippen molar-refractivity contribution in [2.75, 3.05) is 5.32 Å². The number of hydrogen-bond acceptors (Lipinski definition) is 4. The highest BCUT2D eigenvalue weighted by Crippen LogP contribution is 2.29. The van der Waals surface area contributed by atoms with Gasteiger partial charge in [-0.2, -0.15) is 4.39 Å². The Bertz CT molecular complexity index is 1230. The number of rotatable bonds is 5. The third-order valence-electron chi connectivity index (χ3n) is 4.19. The number of hydrogen-bond donors (Lipinski definition) is 1. The minimum absolute atomic E-state index is 0.350. The van der Waals surface area contributed by atoms with Crippen LogP contribution in [0.5, 0.6) is 11.6 Å². The molecule has 0 aliphatic heterocycles. The molecule has 0 spiro atoms. The van der Waals surface area contributed by atoms with Gasteiger partial charge in [-0.1, -0.05) is 41.4 Å². The maximum Gasteiger partial charge on any atom is 0.255 e. The van der Waals surface area contributed by atoms with Gasteiger partial charge in [0.15, 0.2) is 0 Å². The van der Waals surface area contributed by atoms with E-state index in [4.69, 9.17) is 27.9 Å². The van der Waals surface area contributed by atoms with Gasteiger partial charge >= 0.3 is 0 Å². The zero-order valence-electron chi connectivity index (χ0n) is 15.9. The van der Waals surface area contributed by atoms with Gasteiger partial charge in [-0.15, -0.1) is 0 Å². The standard InChI is InChI=1S/C23H14Cl2FN3O2/c24-16-10-17(25)12-19(11-16)31-22-6-2-5-20(29-22)14-3-1-4-15(9-14)23(30)28-18-7-8-21(26)27-13-18/h1-13H,(H,28,30). The van der Waals surface area contributed by atoms with E-state index in [0.29, 0.717) is 38.6 Å². The maximum absolute atomic E-state index is 12.9. The summed E-state index contributed by atoms with van der Waals surface area (Å²) in [6, 6.07) is 19.8. The van der Waals surface area contributed by atoms with Crippen LogP contribution in [0.2, 0.25) is 10.0 Å². The Morgan fingerprint density at radius 2 is 1.71 bits per heavy atom. The number of anilines is 1. The summed E-state index contributed by atoms with van der Waals surface area (Å²) in [5.74, 6) is -0.157. The molecule has 31 heavy (non-hydrogen) atoms. The fourth-order valence-corrected chi connectivity index (χ4v) is 3.32. The second kappa shape index (κ2) is 9.12. The number of nitrogens with one attached hydrogen (secondary N) is 1. The van der Waals surface area contributed by atoms with Crippen molar-refractivity contribution < 1.29 is 13.9 Å². The summed E-state index contributed by atoms with van der Waals surface area (Å²) in [5.41, 5.74) is 2.14. The molecule has 8 heteroatoms. The molecular weight excluding hydrogens is 440 g/mol. The fourth-order valence-electron chi connectivity index (χ4n) is 2.81. The Morgan fingerprint density at radius 1 is 0.935 bits per heavy atom. The predicted molar refractivity (Wildman–Crippen MR) is 118 cm³/mol. The lowest BCUT2D eigenvalue weighted by Crippen LogP contribution is -2.12. The van der Waals surface area contributed by atoms with Crippen molar-refractivity contribution in [3.05, 3.63) is 101 Å². The van der Waals surface area contributed by atoms with Crippen LogP contribution in [-0.2, 0) is 0 Å². The molecule has 0 radical (unpaired) electrons. The minimum atomic E-state index is -0.617. The van der Waals surface area contributed by atoms with Crippen LogP contribution in [0.3, 0.4) is 0 Å². The molecule has 0 aliphatic carbocycles. The van der Waals surface area contributed by atoms with Gasteiger partial charge in [-0.05, 0) is 48.5 Å². The van der Waals surface area contributed by atoms with Crippen molar-refractivity contribution in [1.82, 2.24) is 9.97 Å².